The van der Waals surface area contributed by atoms with Crippen molar-refractivity contribution in [3.63, 3.8) is 0 Å². The molecule has 3 aromatic rings. The second-order valence-corrected chi connectivity index (χ2v) is 8.25. The van der Waals surface area contributed by atoms with Crippen LogP contribution in [0.2, 0.25) is 5.02 Å². The van der Waals surface area contributed by atoms with Gasteiger partial charge in [-0.1, -0.05) is 16.8 Å². The largest absolute Gasteiger partial charge is 0.460 e. The highest BCUT2D eigenvalue weighted by molar-refractivity contribution is 6.30. The molecular weight excluding hydrogens is 418 g/mol. The van der Waals surface area contributed by atoms with Crippen LogP contribution in [-0.2, 0) is 6.54 Å². The van der Waals surface area contributed by atoms with Gasteiger partial charge in [0.15, 0.2) is 5.69 Å². The van der Waals surface area contributed by atoms with Gasteiger partial charge in [-0.15, -0.1) is 5.10 Å². The number of nitrogens with zero attached hydrogens (tertiary/aromatic N) is 5. The summed E-state index contributed by atoms with van der Waals surface area (Å²) in [5, 5.41) is 17.9. The molecule has 0 bridgehead atoms. The van der Waals surface area contributed by atoms with Gasteiger partial charge in [0, 0.05) is 37.3 Å². The van der Waals surface area contributed by atoms with Gasteiger partial charge in [-0.25, -0.2) is 4.68 Å². The molecule has 1 fully saturated rings. The maximum Gasteiger partial charge on any atom is 0.275 e. The predicted molar refractivity (Wildman–Crippen MR) is 117 cm³/mol. The van der Waals surface area contributed by atoms with Crippen molar-refractivity contribution >= 4 is 17.5 Å². The molecule has 164 valence electrons. The minimum Gasteiger partial charge on any atom is -0.460 e. The van der Waals surface area contributed by atoms with Crippen LogP contribution in [0.25, 0.3) is 11.3 Å². The Bertz CT molecular complexity index is 1010. The first-order chi connectivity index (χ1) is 15.0. The highest BCUT2D eigenvalue weighted by Gasteiger charge is 2.24. The van der Waals surface area contributed by atoms with E-state index >= 15 is 0 Å². The molecule has 4 rings (SSSR count). The summed E-state index contributed by atoms with van der Waals surface area (Å²) in [6.07, 6.45) is 3.56. The number of carbonyl (C=O) groups is 1. The summed E-state index contributed by atoms with van der Waals surface area (Å²) < 4.78 is 7.82. The maximum absolute atomic E-state index is 12.3. The van der Waals surface area contributed by atoms with Gasteiger partial charge >= 0.3 is 0 Å². The zero-order chi connectivity index (χ0) is 21.8. The fraction of sp³-hybridized carbons (Fsp3) is 0.409. The molecule has 3 heterocycles. The van der Waals surface area contributed by atoms with Crippen LogP contribution in [0.15, 0.2) is 47.0 Å². The fourth-order valence-corrected chi connectivity index (χ4v) is 3.92. The number of rotatable bonds is 7. The second-order valence-electron chi connectivity index (χ2n) is 7.81. The Kier molecular flexibility index (Phi) is 6.70. The molecule has 1 saturated heterocycles. The Morgan fingerprint density at radius 1 is 1.23 bits per heavy atom. The van der Waals surface area contributed by atoms with Crippen LogP contribution in [0.4, 0.5) is 0 Å². The number of likely N-dealkylation sites (N-methyl/N-ethyl adjacent to an activating group) is 1. The molecule has 31 heavy (non-hydrogen) atoms. The van der Waals surface area contributed by atoms with E-state index in [-0.39, 0.29) is 25.1 Å². The molecular formula is C22H26ClN5O3. The van der Waals surface area contributed by atoms with Gasteiger partial charge < -0.3 is 14.4 Å². The molecule has 1 aliphatic rings. The Hall–Kier alpha value is -2.68. The van der Waals surface area contributed by atoms with Gasteiger partial charge in [0.05, 0.1) is 25.4 Å². The zero-order valence-electron chi connectivity index (χ0n) is 17.4. The number of piperidine rings is 1. The monoisotopic (exact) mass is 443 g/mol. The number of hydrogen-bond acceptors (Lipinski definition) is 6. The van der Waals surface area contributed by atoms with E-state index in [1.165, 1.54) is 4.90 Å². The Labute approximate surface area is 186 Å². The molecule has 0 spiro atoms. The highest BCUT2D eigenvalue weighted by atomic mass is 35.5. The summed E-state index contributed by atoms with van der Waals surface area (Å²) in [5.74, 6) is 1.54. The van der Waals surface area contributed by atoms with E-state index in [1.807, 2.05) is 36.4 Å². The normalized spacial score (nSPS) is 15.3. The third kappa shape index (κ3) is 5.15. The number of hydrogen-bond donors (Lipinski definition) is 1. The summed E-state index contributed by atoms with van der Waals surface area (Å²) in [7, 11) is 1.64. The number of aromatic nitrogens is 3. The standard InChI is InChI=1S/C22H26ClN5O3/c1-26(12-13-29)22(30)20-15-28(25-24-20)18-8-10-27(11-9-18)14-19-6-7-21(31-19)16-2-4-17(23)5-3-16/h2-7,15,18,29H,8-14H2,1H3. The summed E-state index contributed by atoms with van der Waals surface area (Å²) in [5.41, 5.74) is 1.32. The molecule has 1 amide bonds. The second kappa shape index (κ2) is 9.64. The van der Waals surface area contributed by atoms with E-state index in [0.717, 1.165) is 49.6 Å². The molecule has 1 N–H and O–H groups in total. The van der Waals surface area contributed by atoms with Crippen LogP contribution in [0.5, 0.6) is 0 Å². The van der Waals surface area contributed by atoms with E-state index in [9.17, 15) is 4.79 Å². The first kappa shape index (κ1) is 21.5. The van der Waals surface area contributed by atoms with Crippen molar-refractivity contribution in [1.29, 1.82) is 0 Å². The molecule has 9 heteroatoms. The van der Waals surface area contributed by atoms with Crippen molar-refractivity contribution in [1.82, 2.24) is 24.8 Å². The third-order valence-corrected chi connectivity index (χ3v) is 5.86. The first-order valence-electron chi connectivity index (χ1n) is 10.4. The van der Waals surface area contributed by atoms with Crippen LogP contribution in [0, 0.1) is 0 Å². The van der Waals surface area contributed by atoms with Crippen LogP contribution in [-0.4, -0.2) is 69.1 Å². The van der Waals surface area contributed by atoms with Crippen molar-refractivity contribution in [2.75, 3.05) is 33.3 Å². The Balaban J connectivity index is 1.30. The first-order valence-corrected chi connectivity index (χ1v) is 10.8. The lowest BCUT2D eigenvalue weighted by atomic mass is 10.1. The van der Waals surface area contributed by atoms with Gasteiger partial charge in [-0.2, -0.15) is 0 Å². The average molecular weight is 444 g/mol. The molecule has 0 atom stereocenters. The van der Waals surface area contributed by atoms with E-state index in [4.69, 9.17) is 21.1 Å². The maximum atomic E-state index is 12.3. The lowest BCUT2D eigenvalue weighted by Gasteiger charge is -2.31. The highest BCUT2D eigenvalue weighted by Crippen LogP contribution is 2.27. The molecule has 8 nitrogen and oxygen atoms in total. The lowest BCUT2D eigenvalue weighted by molar-refractivity contribution is 0.0761. The van der Waals surface area contributed by atoms with E-state index in [2.05, 4.69) is 15.2 Å². The average Bonchev–Trinajstić information content (AvgIpc) is 3.45. The topological polar surface area (TPSA) is 87.6 Å². The van der Waals surface area contributed by atoms with Crippen LogP contribution in [0.1, 0.15) is 35.1 Å². The van der Waals surface area contributed by atoms with E-state index in [1.54, 1.807) is 17.9 Å². The predicted octanol–water partition coefficient (Wildman–Crippen LogP) is 3.09. The van der Waals surface area contributed by atoms with Gasteiger partial charge in [0.1, 0.15) is 11.5 Å². The number of benzene rings is 1. The van der Waals surface area contributed by atoms with Crippen LogP contribution >= 0.6 is 11.6 Å². The summed E-state index contributed by atoms with van der Waals surface area (Å²) >= 11 is 5.96. The number of aliphatic hydroxyl groups is 1. The van der Waals surface area contributed by atoms with Crippen molar-refractivity contribution in [2.24, 2.45) is 0 Å². The minimum atomic E-state index is -0.230. The van der Waals surface area contributed by atoms with E-state index in [0.29, 0.717) is 10.7 Å². The SMILES string of the molecule is CN(CCO)C(=O)c1cn(C2CCN(Cc3ccc(-c4ccc(Cl)cc4)o3)CC2)nn1. The Morgan fingerprint density at radius 2 is 1.97 bits per heavy atom. The number of furan rings is 1. The van der Waals surface area contributed by atoms with Crippen LogP contribution < -0.4 is 0 Å². The number of carbonyl (C=O) groups excluding carboxylic acids is 1. The van der Waals surface area contributed by atoms with Crippen LogP contribution in [0.3, 0.4) is 0 Å². The molecule has 0 aliphatic carbocycles. The van der Waals surface area contributed by atoms with Crippen molar-refractivity contribution in [2.45, 2.75) is 25.4 Å². The molecule has 0 saturated carbocycles. The van der Waals surface area contributed by atoms with Crippen molar-refractivity contribution in [3.05, 3.63) is 59.1 Å². The lowest BCUT2D eigenvalue weighted by Crippen LogP contribution is -2.34. The number of halogens is 1. The third-order valence-electron chi connectivity index (χ3n) is 5.61. The quantitative estimate of drug-likeness (QED) is 0.603. The van der Waals surface area contributed by atoms with Gasteiger partial charge in [-0.05, 0) is 49.2 Å². The van der Waals surface area contributed by atoms with E-state index < -0.39 is 0 Å². The molecule has 0 unspecified atom stereocenters. The summed E-state index contributed by atoms with van der Waals surface area (Å²) in [6, 6.07) is 11.9. The molecule has 1 aromatic carbocycles. The number of likely N-dealkylation sites (tertiary alicyclic amines) is 1. The number of aliphatic hydroxyl groups excluding tert-OH is 1. The number of amides is 1. The molecule has 1 aliphatic heterocycles. The van der Waals surface area contributed by atoms with Gasteiger partial charge in [-0.3, -0.25) is 9.69 Å². The van der Waals surface area contributed by atoms with Gasteiger partial charge in [0.25, 0.3) is 5.91 Å². The Morgan fingerprint density at radius 3 is 2.68 bits per heavy atom. The molecule has 0 radical (unpaired) electrons. The van der Waals surface area contributed by atoms with Gasteiger partial charge in [0.2, 0.25) is 0 Å². The zero-order valence-corrected chi connectivity index (χ0v) is 18.2. The van der Waals surface area contributed by atoms with Crippen molar-refractivity contribution in [3.8, 4) is 11.3 Å². The molecule has 2 aromatic heterocycles. The summed E-state index contributed by atoms with van der Waals surface area (Å²) in [6.45, 7) is 2.78. The van der Waals surface area contributed by atoms with Crippen molar-refractivity contribution < 1.29 is 14.3 Å². The fourth-order valence-electron chi connectivity index (χ4n) is 3.79. The smallest absolute Gasteiger partial charge is 0.275 e. The minimum absolute atomic E-state index is 0.0777. The summed E-state index contributed by atoms with van der Waals surface area (Å²) in [4.78, 5) is 16.1.